The zero-order valence-electron chi connectivity index (χ0n) is 18.8. The van der Waals surface area contributed by atoms with E-state index in [0.29, 0.717) is 44.1 Å². The summed E-state index contributed by atoms with van der Waals surface area (Å²) in [6, 6.07) is 16.5. The molecule has 0 saturated carbocycles. The fourth-order valence-corrected chi connectivity index (χ4v) is 4.35. The number of hydrogen-bond acceptors (Lipinski definition) is 4. The van der Waals surface area contributed by atoms with Gasteiger partial charge in [-0.15, -0.1) is 0 Å². The SMILES string of the molecule is Cc1nc2c(OCc3ccc(Cl)cc3Cl)cccn2c(=O)c1-c1cc(C)n(-c2ccc(F)cc2)n1. The van der Waals surface area contributed by atoms with E-state index >= 15 is 0 Å². The van der Waals surface area contributed by atoms with E-state index in [1.54, 1.807) is 60.3 Å². The molecule has 0 saturated heterocycles. The molecule has 5 aromatic rings. The summed E-state index contributed by atoms with van der Waals surface area (Å²) in [4.78, 5) is 18.2. The maximum Gasteiger partial charge on any atom is 0.267 e. The van der Waals surface area contributed by atoms with Gasteiger partial charge in [0.2, 0.25) is 0 Å². The van der Waals surface area contributed by atoms with Crippen molar-refractivity contribution in [1.82, 2.24) is 19.2 Å². The Balaban J connectivity index is 1.54. The Morgan fingerprint density at radius 3 is 2.54 bits per heavy atom. The number of halogens is 3. The zero-order chi connectivity index (χ0) is 24.7. The Labute approximate surface area is 210 Å². The van der Waals surface area contributed by atoms with Gasteiger partial charge in [0, 0.05) is 27.5 Å². The minimum Gasteiger partial charge on any atom is -0.485 e. The number of fused-ring (bicyclic) bond motifs is 1. The Hall–Kier alpha value is -3.68. The average Bonchev–Trinajstić information content (AvgIpc) is 3.20. The fraction of sp³-hybridized carbons (Fsp3) is 0.115. The molecule has 0 radical (unpaired) electrons. The van der Waals surface area contributed by atoms with Gasteiger partial charge in [0.1, 0.15) is 18.1 Å². The predicted molar refractivity (Wildman–Crippen MR) is 134 cm³/mol. The average molecular weight is 509 g/mol. The lowest BCUT2D eigenvalue weighted by Crippen LogP contribution is -2.19. The van der Waals surface area contributed by atoms with Gasteiger partial charge in [-0.2, -0.15) is 5.10 Å². The van der Waals surface area contributed by atoms with Crippen molar-refractivity contribution in [1.29, 1.82) is 0 Å². The Kier molecular flexibility index (Phi) is 6.05. The van der Waals surface area contributed by atoms with Crippen LogP contribution >= 0.6 is 23.2 Å². The molecule has 3 heterocycles. The highest BCUT2D eigenvalue weighted by Gasteiger charge is 2.18. The molecule has 0 aliphatic heterocycles. The molecule has 0 spiro atoms. The van der Waals surface area contributed by atoms with Crippen LogP contribution in [0.5, 0.6) is 5.75 Å². The summed E-state index contributed by atoms with van der Waals surface area (Å²) in [6.07, 6.45) is 1.64. The lowest BCUT2D eigenvalue weighted by atomic mass is 10.1. The molecule has 5 rings (SSSR count). The van der Waals surface area contributed by atoms with Crippen molar-refractivity contribution in [3.63, 3.8) is 0 Å². The van der Waals surface area contributed by atoms with Crippen molar-refractivity contribution in [2.24, 2.45) is 0 Å². The van der Waals surface area contributed by atoms with Crippen molar-refractivity contribution in [2.45, 2.75) is 20.5 Å². The summed E-state index contributed by atoms with van der Waals surface area (Å²) in [5.41, 5.74) is 3.74. The van der Waals surface area contributed by atoms with Crippen LogP contribution in [0, 0.1) is 19.7 Å². The van der Waals surface area contributed by atoms with Crippen LogP contribution in [0.15, 0.2) is 71.7 Å². The number of ether oxygens (including phenoxy) is 1. The summed E-state index contributed by atoms with van der Waals surface area (Å²) in [6.45, 7) is 3.82. The van der Waals surface area contributed by atoms with Gasteiger partial charge in [0.05, 0.1) is 16.9 Å². The monoisotopic (exact) mass is 508 g/mol. The summed E-state index contributed by atoms with van der Waals surface area (Å²) >= 11 is 12.2. The van der Waals surface area contributed by atoms with Crippen molar-refractivity contribution < 1.29 is 9.13 Å². The summed E-state index contributed by atoms with van der Waals surface area (Å²) in [5, 5.41) is 5.64. The van der Waals surface area contributed by atoms with Gasteiger partial charge in [-0.1, -0.05) is 29.3 Å². The highest BCUT2D eigenvalue weighted by molar-refractivity contribution is 6.35. The van der Waals surface area contributed by atoms with E-state index in [4.69, 9.17) is 27.9 Å². The van der Waals surface area contributed by atoms with Crippen LogP contribution in [0.1, 0.15) is 17.0 Å². The number of rotatable bonds is 5. The van der Waals surface area contributed by atoms with Gasteiger partial charge in [0.15, 0.2) is 11.4 Å². The second-order valence-corrected chi connectivity index (χ2v) is 8.87. The molecule has 0 bridgehead atoms. The van der Waals surface area contributed by atoms with E-state index in [9.17, 15) is 9.18 Å². The first kappa shape index (κ1) is 23.1. The zero-order valence-corrected chi connectivity index (χ0v) is 20.3. The van der Waals surface area contributed by atoms with Gasteiger partial charge in [0.25, 0.3) is 5.56 Å². The maximum absolute atomic E-state index is 13.5. The Morgan fingerprint density at radius 1 is 1.03 bits per heavy atom. The molecule has 0 amide bonds. The molecule has 9 heteroatoms. The van der Waals surface area contributed by atoms with E-state index in [0.717, 1.165) is 11.3 Å². The maximum atomic E-state index is 13.5. The van der Waals surface area contributed by atoms with Crippen LogP contribution in [-0.2, 0) is 6.61 Å². The third-order valence-corrected chi connectivity index (χ3v) is 6.20. The van der Waals surface area contributed by atoms with Crippen molar-refractivity contribution >= 4 is 28.8 Å². The first-order chi connectivity index (χ1) is 16.8. The quantitative estimate of drug-likeness (QED) is 0.284. The molecule has 6 nitrogen and oxygen atoms in total. The van der Waals surface area contributed by atoms with E-state index in [1.165, 1.54) is 16.5 Å². The highest BCUT2D eigenvalue weighted by atomic mass is 35.5. The minimum atomic E-state index is -0.331. The van der Waals surface area contributed by atoms with Crippen LogP contribution in [-0.4, -0.2) is 19.2 Å². The lowest BCUT2D eigenvalue weighted by Gasteiger charge is -2.12. The second kappa shape index (κ2) is 9.17. The van der Waals surface area contributed by atoms with Gasteiger partial charge in [-0.3, -0.25) is 9.20 Å². The van der Waals surface area contributed by atoms with Crippen LogP contribution < -0.4 is 10.3 Å². The van der Waals surface area contributed by atoms with Gasteiger partial charge in [-0.25, -0.2) is 14.1 Å². The summed E-state index contributed by atoms with van der Waals surface area (Å²) in [7, 11) is 0. The van der Waals surface area contributed by atoms with E-state index in [1.807, 2.05) is 13.0 Å². The second-order valence-electron chi connectivity index (χ2n) is 8.03. The van der Waals surface area contributed by atoms with Crippen LogP contribution in [0.25, 0.3) is 22.6 Å². The molecule has 0 aliphatic carbocycles. The lowest BCUT2D eigenvalue weighted by molar-refractivity contribution is 0.308. The first-order valence-electron chi connectivity index (χ1n) is 10.7. The summed E-state index contributed by atoms with van der Waals surface area (Å²) < 4.78 is 22.4. The van der Waals surface area contributed by atoms with Gasteiger partial charge < -0.3 is 4.74 Å². The Morgan fingerprint density at radius 2 is 1.80 bits per heavy atom. The van der Waals surface area contributed by atoms with E-state index < -0.39 is 0 Å². The fourth-order valence-electron chi connectivity index (χ4n) is 3.89. The molecule has 176 valence electrons. The number of pyridine rings is 1. The molecule has 0 N–H and O–H groups in total. The van der Waals surface area contributed by atoms with E-state index in [-0.39, 0.29) is 18.0 Å². The van der Waals surface area contributed by atoms with E-state index in [2.05, 4.69) is 10.1 Å². The van der Waals surface area contributed by atoms with Crippen LogP contribution in [0.3, 0.4) is 0 Å². The van der Waals surface area contributed by atoms with Crippen molar-refractivity contribution in [3.8, 4) is 22.7 Å². The molecule has 0 aliphatic rings. The number of aromatic nitrogens is 4. The van der Waals surface area contributed by atoms with Gasteiger partial charge in [-0.05, 0) is 68.4 Å². The number of hydrogen-bond donors (Lipinski definition) is 0. The first-order valence-corrected chi connectivity index (χ1v) is 11.5. The molecule has 35 heavy (non-hydrogen) atoms. The highest BCUT2D eigenvalue weighted by Crippen LogP contribution is 2.26. The van der Waals surface area contributed by atoms with Crippen molar-refractivity contribution in [2.75, 3.05) is 0 Å². The molecular weight excluding hydrogens is 490 g/mol. The third kappa shape index (κ3) is 4.40. The van der Waals surface area contributed by atoms with Crippen LogP contribution in [0.4, 0.5) is 4.39 Å². The molecule has 2 aromatic carbocycles. The number of aryl methyl sites for hydroxylation is 2. The molecule has 3 aromatic heterocycles. The standard InChI is InChI=1S/C26H19Cl2FN4O2/c1-15-12-22(31-33(15)20-9-7-19(29)8-10-20)24-16(2)30-25-23(4-3-11-32(25)26(24)34)35-14-17-5-6-18(27)13-21(17)28/h3-13H,14H2,1-2H3. The molecule has 0 fully saturated rings. The Bertz CT molecular complexity index is 1630. The smallest absolute Gasteiger partial charge is 0.267 e. The van der Waals surface area contributed by atoms with Crippen LogP contribution in [0.2, 0.25) is 10.0 Å². The normalized spacial score (nSPS) is 11.2. The molecule has 0 atom stereocenters. The summed E-state index contributed by atoms with van der Waals surface area (Å²) in [5.74, 6) is 0.112. The topological polar surface area (TPSA) is 61.4 Å². The minimum absolute atomic E-state index is 0.188. The molecule has 0 unspecified atom stereocenters. The van der Waals surface area contributed by atoms with Crippen molar-refractivity contribution in [3.05, 3.63) is 110 Å². The predicted octanol–water partition coefficient (Wildman–Crippen LogP) is 6.19. The largest absolute Gasteiger partial charge is 0.485 e. The number of benzene rings is 2. The third-order valence-electron chi connectivity index (χ3n) is 5.61. The van der Waals surface area contributed by atoms with Gasteiger partial charge >= 0.3 is 0 Å². The molecular formula is C26H19Cl2FN4O2. The number of nitrogens with zero attached hydrogens (tertiary/aromatic N) is 4.